The van der Waals surface area contributed by atoms with Crippen molar-refractivity contribution in [1.82, 2.24) is 4.98 Å². The first-order chi connectivity index (χ1) is 7.87. The van der Waals surface area contributed by atoms with Crippen LogP contribution in [0.25, 0.3) is 0 Å². The molecule has 0 radical (unpaired) electrons. The van der Waals surface area contributed by atoms with Gasteiger partial charge in [0.1, 0.15) is 0 Å². The number of pyridine rings is 1. The molecule has 0 fully saturated rings. The topological polar surface area (TPSA) is 71.9 Å². The summed E-state index contributed by atoms with van der Waals surface area (Å²) in [5.41, 5.74) is 6.17. The number of alkyl halides is 3. The Hall–Kier alpha value is -1.81. The molecule has 7 heteroatoms. The molecule has 0 aliphatic carbocycles. The van der Waals surface area contributed by atoms with Crippen LogP contribution in [0.2, 0.25) is 0 Å². The lowest BCUT2D eigenvalue weighted by Gasteiger charge is -2.14. The third kappa shape index (κ3) is 3.60. The van der Waals surface area contributed by atoms with Crippen molar-refractivity contribution in [3.63, 3.8) is 0 Å². The molecular weight excluding hydrogens is 235 g/mol. The standard InChI is InChI=1S/C10H10F3N3O/c1-6-7(2-3-14)4-9(8(5-15)16-6)17-10(11,12)13/h4H,2,5,15H2,1H3. The second-order valence-electron chi connectivity index (χ2n) is 3.26. The molecule has 0 saturated carbocycles. The molecule has 0 bridgehead atoms. The molecular formula is C10H10F3N3O. The number of halogens is 3. The summed E-state index contributed by atoms with van der Waals surface area (Å²) in [6.07, 6.45) is -4.83. The predicted octanol–water partition coefficient (Wildman–Crippen LogP) is 1.81. The molecule has 92 valence electrons. The van der Waals surface area contributed by atoms with Crippen molar-refractivity contribution in [3.05, 3.63) is 23.0 Å². The normalized spacial score (nSPS) is 11.1. The predicted molar refractivity (Wildman–Crippen MR) is 52.9 cm³/mol. The zero-order valence-electron chi connectivity index (χ0n) is 9.01. The summed E-state index contributed by atoms with van der Waals surface area (Å²) in [7, 11) is 0. The van der Waals surface area contributed by atoms with Gasteiger partial charge < -0.3 is 10.5 Å². The van der Waals surface area contributed by atoms with Crippen LogP contribution in [0.1, 0.15) is 17.0 Å². The van der Waals surface area contributed by atoms with E-state index in [1.54, 1.807) is 6.92 Å². The summed E-state index contributed by atoms with van der Waals surface area (Å²) >= 11 is 0. The summed E-state index contributed by atoms with van der Waals surface area (Å²) in [6, 6.07) is 3.00. The summed E-state index contributed by atoms with van der Waals surface area (Å²) in [5, 5.41) is 8.53. The van der Waals surface area contributed by atoms with Crippen LogP contribution in [-0.2, 0) is 13.0 Å². The van der Waals surface area contributed by atoms with Crippen LogP contribution in [0.4, 0.5) is 13.2 Å². The van der Waals surface area contributed by atoms with Gasteiger partial charge in [-0.15, -0.1) is 13.2 Å². The van der Waals surface area contributed by atoms with Crippen LogP contribution >= 0.6 is 0 Å². The molecule has 0 atom stereocenters. The number of hydrogen-bond acceptors (Lipinski definition) is 4. The maximum Gasteiger partial charge on any atom is 0.573 e. The number of hydrogen-bond donors (Lipinski definition) is 1. The maximum atomic E-state index is 12.1. The Labute approximate surface area is 95.8 Å². The van der Waals surface area contributed by atoms with Crippen molar-refractivity contribution in [2.75, 3.05) is 0 Å². The lowest BCUT2D eigenvalue weighted by molar-refractivity contribution is -0.275. The third-order valence-corrected chi connectivity index (χ3v) is 2.05. The van der Waals surface area contributed by atoms with Gasteiger partial charge in [-0.25, -0.2) is 0 Å². The van der Waals surface area contributed by atoms with Gasteiger partial charge in [0.25, 0.3) is 0 Å². The fourth-order valence-corrected chi connectivity index (χ4v) is 1.30. The Balaban J connectivity index is 3.18. The molecule has 0 aliphatic rings. The van der Waals surface area contributed by atoms with E-state index in [2.05, 4.69) is 9.72 Å². The van der Waals surface area contributed by atoms with Gasteiger partial charge in [-0.3, -0.25) is 4.98 Å². The van der Waals surface area contributed by atoms with Gasteiger partial charge in [0.2, 0.25) is 0 Å². The minimum Gasteiger partial charge on any atom is -0.404 e. The van der Waals surface area contributed by atoms with Crippen molar-refractivity contribution in [2.45, 2.75) is 26.3 Å². The molecule has 0 amide bonds. The van der Waals surface area contributed by atoms with Crippen molar-refractivity contribution in [1.29, 1.82) is 5.26 Å². The number of rotatable bonds is 3. The zero-order chi connectivity index (χ0) is 13.1. The Kier molecular flexibility index (Phi) is 3.91. The molecule has 1 heterocycles. The number of nitrogens with zero attached hydrogens (tertiary/aromatic N) is 2. The first-order valence-electron chi connectivity index (χ1n) is 4.69. The van der Waals surface area contributed by atoms with Crippen molar-refractivity contribution in [3.8, 4) is 11.8 Å². The fourth-order valence-electron chi connectivity index (χ4n) is 1.30. The van der Waals surface area contributed by atoms with E-state index < -0.39 is 12.1 Å². The van der Waals surface area contributed by atoms with Gasteiger partial charge >= 0.3 is 6.36 Å². The highest BCUT2D eigenvalue weighted by Crippen LogP contribution is 2.27. The van der Waals surface area contributed by atoms with E-state index in [9.17, 15) is 13.2 Å². The van der Waals surface area contributed by atoms with Crippen LogP contribution in [0.5, 0.6) is 5.75 Å². The Morgan fingerprint density at radius 1 is 1.53 bits per heavy atom. The van der Waals surface area contributed by atoms with E-state index in [-0.39, 0.29) is 18.7 Å². The lowest BCUT2D eigenvalue weighted by atomic mass is 10.1. The number of nitrogens with two attached hydrogens (primary N) is 1. The molecule has 0 aromatic carbocycles. The number of aromatic nitrogens is 1. The van der Waals surface area contributed by atoms with Crippen molar-refractivity contribution >= 4 is 0 Å². The summed E-state index contributed by atoms with van der Waals surface area (Å²) in [4.78, 5) is 3.89. The largest absolute Gasteiger partial charge is 0.573 e. The van der Waals surface area contributed by atoms with Gasteiger partial charge in [-0.2, -0.15) is 5.26 Å². The van der Waals surface area contributed by atoms with Gasteiger partial charge in [-0.05, 0) is 18.6 Å². The molecule has 17 heavy (non-hydrogen) atoms. The second kappa shape index (κ2) is 5.01. The zero-order valence-corrected chi connectivity index (χ0v) is 9.01. The van der Waals surface area contributed by atoms with Gasteiger partial charge in [0.15, 0.2) is 5.75 Å². The third-order valence-electron chi connectivity index (χ3n) is 2.05. The maximum absolute atomic E-state index is 12.1. The van der Waals surface area contributed by atoms with Gasteiger partial charge in [0, 0.05) is 12.2 Å². The Morgan fingerprint density at radius 2 is 2.18 bits per heavy atom. The second-order valence-corrected chi connectivity index (χ2v) is 3.26. The first kappa shape index (κ1) is 13.3. The average molecular weight is 245 g/mol. The molecule has 0 saturated heterocycles. The molecule has 4 nitrogen and oxygen atoms in total. The van der Waals surface area contributed by atoms with E-state index >= 15 is 0 Å². The molecule has 2 N–H and O–H groups in total. The summed E-state index contributed by atoms with van der Waals surface area (Å²) < 4.78 is 40.2. The van der Waals surface area contributed by atoms with E-state index in [4.69, 9.17) is 11.0 Å². The highest BCUT2D eigenvalue weighted by molar-refractivity contribution is 5.36. The fraction of sp³-hybridized carbons (Fsp3) is 0.400. The SMILES string of the molecule is Cc1nc(CN)c(OC(F)(F)F)cc1CC#N. The van der Waals surface area contributed by atoms with Crippen LogP contribution in [0.15, 0.2) is 6.07 Å². The number of aryl methyl sites for hydroxylation is 1. The Bertz CT molecular complexity index is 451. The summed E-state index contributed by atoms with van der Waals surface area (Å²) in [5.74, 6) is -0.448. The van der Waals surface area contributed by atoms with Crippen LogP contribution in [-0.4, -0.2) is 11.3 Å². The van der Waals surface area contributed by atoms with E-state index in [0.29, 0.717) is 11.3 Å². The molecule has 0 unspecified atom stereocenters. The Morgan fingerprint density at radius 3 is 2.65 bits per heavy atom. The highest BCUT2D eigenvalue weighted by atomic mass is 19.4. The van der Waals surface area contributed by atoms with E-state index in [1.165, 1.54) is 0 Å². The van der Waals surface area contributed by atoms with Crippen LogP contribution in [0, 0.1) is 18.3 Å². The molecule has 1 rings (SSSR count). The van der Waals surface area contributed by atoms with Gasteiger partial charge in [0.05, 0.1) is 18.2 Å². The first-order valence-corrected chi connectivity index (χ1v) is 4.69. The molecule has 1 aromatic rings. The smallest absolute Gasteiger partial charge is 0.404 e. The molecule has 0 spiro atoms. The number of ether oxygens (including phenoxy) is 1. The highest BCUT2D eigenvalue weighted by Gasteiger charge is 2.32. The average Bonchev–Trinajstić information content (AvgIpc) is 2.20. The van der Waals surface area contributed by atoms with Crippen LogP contribution in [0.3, 0.4) is 0 Å². The van der Waals surface area contributed by atoms with Crippen molar-refractivity contribution in [2.24, 2.45) is 5.73 Å². The van der Waals surface area contributed by atoms with Crippen molar-refractivity contribution < 1.29 is 17.9 Å². The monoisotopic (exact) mass is 245 g/mol. The summed E-state index contributed by atoms with van der Waals surface area (Å²) in [6.45, 7) is 1.43. The quantitative estimate of drug-likeness (QED) is 0.881. The lowest BCUT2D eigenvalue weighted by Crippen LogP contribution is -2.20. The van der Waals surface area contributed by atoms with E-state index in [0.717, 1.165) is 6.07 Å². The molecule has 1 aromatic heterocycles. The minimum atomic E-state index is -4.80. The minimum absolute atomic E-state index is 0.0153. The van der Waals surface area contributed by atoms with Crippen LogP contribution < -0.4 is 10.5 Å². The number of nitriles is 1. The van der Waals surface area contributed by atoms with E-state index in [1.807, 2.05) is 6.07 Å². The molecule has 0 aliphatic heterocycles. The van der Waals surface area contributed by atoms with Gasteiger partial charge in [-0.1, -0.05) is 0 Å².